The zero-order valence-corrected chi connectivity index (χ0v) is 10.4. The highest BCUT2D eigenvalue weighted by molar-refractivity contribution is 5.87. The van der Waals surface area contributed by atoms with Crippen LogP contribution in [-0.4, -0.2) is 37.5 Å². The fourth-order valence-corrected chi connectivity index (χ4v) is 1.16. The van der Waals surface area contributed by atoms with Crippen molar-refractivity contribution in [2.24, 2.45) is 0 Å². The van der Waals surface area contributed by atoms with Crippen LogP contribution in [0.15, 0.2) is 0 Å². The Morgan fingerprint density at radius 2 is 1.88 bits per heavy atom. The van der Waals surface area contributed by atoms with E-state index >= 15 is 0 Å². The molecule has 94 valence electrons. The van der Waals surface area contributed by atoms with Gasteiger partial charge in [0.25, 0.3) is 0 Å². The first-order chi connectivity index (χ1) is 7.61. The highest BCUT2D eigenvalue weighted by Gasteiger charge is 2.13. The van der Waals surface area contributed by atoms with Gasteiger partial charge in [0.15, 0.2) is 0 Å². The minimum atomic E-state index is -0.458. The summed E-state index contributed by atoms with van der Waals surface area (Å²) in [6.45, 7) is 7.80. The highest BCUT2D eigenvalue weighted by atomic mass is 16.2. The molecule has 0 aliphatic rings. The maximum Gasteiger partial charge on any atom is 0.242 e. The Labute approximate surface area is 97.4 Å². The van der Waals surface area contributed by atoms with E-state index in [0.717, 1.165) is 13.0 Å². The molecule has 3 N–H and O–H groups in total. The van der Waals surface area contributed by atoms with Crippen molar-refractivity contribution in [2.45, 2.75) is 39.7 Å². The van der Waals surface area contributed by atoms with Crippen molar-refractivity contribution in [2.75, 3.05) is 19.6 Å². The molecule has 0 rings (SSSR count). The molecule has 1 atom stereocenters. The average molecular weight is 229 g/mol. The normalized spacial score (nSPS) is 11.9. The van der Waals surface area contributed by atoms with E-state index in [1.54, 1.807) is 6.92 Å². The van der Waals surface area contributed by atoms with Crippen LogP contribution in [0.25, 0.3) is 0 Å². The first-order valence-corrected chi connectivity index (χ1v) is 5.89. The van der Waals surface area contributed by atoms with Gasteiger partial charge in [-0.1, -0.05) is 13.8 Å². The Hall–Kier alpha value is -1.10. The van der Waals surface area contributed by atoms with Gasteiger partial charge in [0.2, 0.25) is 11.8 Å². The van der Waals surface area contributed by atoms with Gasteiger partial charge in [-0.15, -0.1) is 0 Å². The topological polar surface area (TPSA) is 70.2 Å². The second-order valence-corrected chi connectivity index (χ2v) is 3.68. The predicted octanol–water partition coefficient (Wildman–Crippen LogP) is 0.0169. The van der Waals surface area contributed by atoms with Crippen LogP contribution in [-0.2, 0) is 9.59 Å². The highest BCUT2D eigenvalue weighted by Crippen LogP contribution is 1.86. The fraction of sp³-hybridized carbons (Fsp3) is 0.818. The molecule has 0 radical (unpaired) electrons. The summed E-state index contributed by atoms with van der Waals surface area (Å²) in [6, 6.07) is -0.458. The Bertz CT molecular complexity index is 219. The molecule has 0 fully saturated rings. The van der Waals surface area contributed by atoms with Gasteiger partial charge in [0.1, 0.15) is 6.04 Å². The molecule has 0 aromatic rings. The van der Waals surface area contributed by atoms with Crippen LogP contribution in [0.3, 0.4) is 0 Å². The standard InChI is InChI=1S/C11H23N3O2/c1-4-7-13-11(16)9(3)14-10(15)6-8-12-5-2/h9,12H,4-8H2,1-3H3,(H,13,16)(H,14,15). The van der Waals surface area contributed by atoms with Crippen molar-refractivity contribution < 1.29 is 9.59 Å². The second-order valence-electron chi connectivity index (χ2n) is 3.68. The summed E-state index contributed by atoms with van der Waals surface area (Å²) in [5.74, 6) is -0.223. The predicted molar refractivity (Wildman–Crippen MR) is 64.1 cm³/mol. The summed E-state index contributed by atoms with van der Waals surface area (Å²) in [7, 11) is 0. The van der Waals surface area contributed by atoms with E-state index in [1.165, 1.54) is 0 Å². The number of nitrogens with one attached hydrogen (secondary N) is 3. The van der Waals surface area contributed by atoms with Gasteiger partial charge in [-0.05, 0) is 19.9 Å². The van der Waals surface area contributed by atoms with Gasteiger partial charge < -0.3 is 16.0 Å². The lowest BCUT2D eigenvalue weighted by atomic mass is 10.3. The molecule has 5 heteroatoms. The summed E-state index contributed by atoms with van der Waals surface area (Å²) in [5.41, 5.74) is 0. The lowest BCUT2D eigenvalue weighted by Gasteiger charge is -2.13. The van der Waals surface area contributed by atoms with Crippen LogP contribution in [0, 0.1) is 0 Å². The van der Waals surface area contributed by atoms with Gasteiger partial charge in [-0.25, -0.2) is 0 Å². The summed E-state index contributed by atoms with van der Waals surface area (Å²) < 4.78 is 0. The van der Waals surface area contributed by atoms with Crippen molar-refractivity contribution in [3.8, 4) is 0 Å². The van der Waals surface area contributed by atoms with Crippen molar-refractivity contribution >= 4 is 11.8 Å². The van der Waals surface area contributed by atoms with E-state index in [-0.39, 0.29) is 11.8 Å². The summed E-state index contributed by atoms with van der Waals surface area (Å²) in [6.07, 6.45) is 1.30. The molecule has 16 heavy (non-hydrogen) atoms. The van der Waals surface area contributed by atoms with Gasteiger partial charge in [-0.2, -0.15) is 0 Å². The molecule has 2 amide bonds. The maximum atomic E-state index is 11.4. The fourth-order valence-electron chi connectivity index (χ4n) is 1.16. The van der Waals surface area contributed by atoms with Crippen molar-refractivity contribution in [3.05, 3.63) is 0 Å². The molecular weight excluding hydrogens is 206 g/mol. The molecule has 0 aliphatic carbocycles. The molecule has 5 nitrogen and oxygen atoms in total. The van der Waals surface area contributed by atoms with Crippen LogP contribution < -0.4 is 16.0 Å². The summed E-state index contributed by atoms with van der Waals surface area (Å²) >= 11 is 0. The molecule has 0 spiro atoms. The summed E-state index contributed by atoms with van der Waals surface area (Å²) in [4.78, 5) is 22.8. The van der Waals surface area contributed by atoms with Gasteiger partial charge in [0.05, 0.1) is 0 Å². The largest absolute Gasteiger partial charge is 0.354 e. The van der Waals surface area contributed by atoms with E-state index in [2.05, 4.69) is 16.0 Å². The Morgan fingerprint density at radius 3 is 2.44 bits per heavy atom. The maximum absolute atomic E-state index is 11.4. The first kappa shape index (κ1) is 14.9. The zero-order valence-electron chi connectivity index (χ0n) is 10.4. The summed E-state index contributed by atoms with van der Waals surface area (Å²) in [5, 5.41) is 8.45. The quantitative estimate of drug-likeness (QED) is 0.514. The van der Waals surface area contributed by atoms with Gasteiger partial charge >= 0.3 is 0 Å². The average Bonchev–Trinajstić information content (AvgIpc) is 2.26. The molecule has 0 bridgehead atoms. The van der Waals surface area contributed by atoms with E-state index in [4.69, 9.17) is 0 Å². The first-order valence-electron chi connectivity index (χ1n) is 5.89. The van der Waals surface area contributed by atoms with Crippen LogP contribution in [0.4, 0.5) is 0 Å². The van der Waals surface area contributed by atoms with Gasteiger partial charge in [0, 0.05) is 19.5 Å². The molecule has 1 unspecified atom stereocenters. The number of hydrogen-bond donors (Lipinski definition) is 3. The van der Waals surface area contributed by atoms with Crippen molar-refractivity contribution in [1.29, 1.82) is 0 Å². The smallest absolute Gasteiger partial charge is 0.242 e. The number of carbonyl (C=O) groups is 2. The Morgan fingerprint density at radius 1 is 1.19 bits per heavy atom. The van der Waals surface area contributed by atoms with Crippen molar-refractivity contribution in [1.82, 2.24) is 16.0 Å². The Kier molecular flexibility index (Phi) is 8.52. The van der Waals surface area contributed by atoms with E-state index < -0.39 is 6.04 Å². The number of rotatable bonds is 8. The molecule has 0 aromatic heterocycles. The van der Waals surface area contributed by atoms with E-state index in [0.29, 0.717) is 19.5 Å². The van der Waals surface area contributed by atoms with Crippen LogP contribution in [0.1, 0.15) is 33.6 Å². The Balaban J connectivity index is 3.71. The molecule has 0 heterocycles. The lowest BCUT2D eigenvalue weighted by Crippen LogP contribution is -2.45. The number of hydrogen-bond acceptors (Lipinski definition) is 3. The zero-order chi connectivity index (χ0) is 12.4. The number of carbonyl (C=O) groups excluding carboxylic acids is 2. The third-order valence-electron chi connectivity index (χ3n) is 2.10. The lowest BCUT2D eigenvalue weighted by molar-refractivity contribution is -0.128. The van der Waals surface area contributed by atoms with E-state index in [9.17, 15) is 9.59 Å². The third kappa shape index (κ3) is 7.23. The minimum Gasteiger partial charge on any atom is -0.354 e. The van der Waals surface area contributed by atoms with Crippen LogP contribution >= 0.6 is 0 Å². The SMILES string of the molecule is CCCNC(=O)C(C)NC(=O)CCNCC. The number of amides is 2. The van der Waals surface area contributed by atoms with Crippen LogP contribution in [0.2, 0.25) is 0 Å². The van der Waals surface area contributed by atoms with Crippen molar-refractivity contribution in [3.63, 3.8) is 0 Å². The second kappa shape index (κ2) is 9.15. The minimum absolute atomic E-state index is 0.0971. The molecule has 0 saturated carbocycles. The molecule has 0 aliphatic heterocycles. The third-order valence-corrected chi connectivity index (χ3v) is 2.10. The van der Waals surface area contributed by atoms with Crippen LogP contribution in [0.5, 0.6) is 0 Å². The monoisotopic (exact) mass is 229 g/mol. The molecule has 0 saturated heterocycles. The van der Waals surface area contributed by atoms with E-state index in [1.807, 2.05) is 13.8 Å². The molecular formula is C11H23N3O2. The molecule has 0 aromatic carbocycles. The van der Waals surface area contributed by atoms with Gasteiger partial charge in [-0.3, -0.25) is 9.59 Å².